The van der Waals surface area contributed by atoms with Gasteiger partial charge in [-0.25, -0.2) is 0 Å². The number of aromatic hydroxyl groups is 1. The van der Waals surface area contributed by atoms with Crippen LogP contribution in [0.4, 0.5) is 0 Å². The number of aryl methyl sites for hydroxylation is 1. The number of rotatable bonds is 5. The van der Waals surface area contributed by atoms with Gasteiger partial charge in [-0.05, 0) is 55.5 Å². The van der Waals surface area contributed by atoms with E-state index in [1.807, 2.05) is 80.6 Å². The Morgan fingerprint density at radius 1 is 0.897 bits per heavy atom. The van der Waals surface area contributed by atoms with Crippen LogP contribution in [0, 0.1) is 13.8 Å². The molecule has 1 aliphatic rings. The van der Waals surface area contributed by atoms with Crippen molar-refractivity contribution in [2.24, 2.45) is 0 Å². The van der Waals surface area contributed by atoms with E-state index in [-0.39, 0.29) is 6.04 Å². The molecule has 0 unspecified atom stereocenters. The third kappa shape index (κ3) is 3.57. The van der Waals surface area contributed by atoms with Crippen molar-refractivity contribution < 1.29 is 10.2 Å². The summed E-state index contributed by atoms with van der Waals surface area (Å²) >= 11 is 0. The van der Waals surface area contributed by atoms with E-state index in [0.717, 1.165) is 47.2 Å². The van der Waals surface area contributed by atoms with E-state index >= 15 is 0 Å². The molecule has 1 atom stereocenters. The zero-order valence-corrected chi connectivity index (χ0v) is 17.2. The molecule has 2 N–H and O–H groups in total. The number of phenols is 1. The van der Waals surface area contributed by atoms with Gasteiger partial charge >= 0.3 is 0 Å². The van der Waals surface area contributed by atoms with Crippen LogP contribution in [-0.4, -0.2) is 27.7 Å². The number of benzene rings is 3. The predicted octanol–water partition coefficient (Wildman–Crippen LogP) is 4.91. The summed E-state index contributed by atoms with van der Waals surface area (Å²) in [5, 5.41) is 22.8. The highest BCUT2D eigenvalue weighted by Gasteiger charge is 2.45. The molecule has 3 aromatic carbocycles. The lowest BCUT2D eigenvalue weighted by molar-refractivity contribution is -0.00673. The van der Waals surface area contributed by atoms with Crippen molar-refractivity contribution in [3.63, 3.8) is 0 Å². The average molecular weight is 388 g/mol. The fraction of sp³-hybridized carbons (Fsp3) is 0.308. The normalized spacial score (nSPS) is 17.6. The smallest absolute Gasteiger partial charge is 0.130 e. The van der Waals surface area contributed by atoms with Crippen molar-refractivity contribution in [3.05, 3.63) is 101 Å². The van der Waals surface area contributed by atoms with Crippen molar-refractivity contribution in [2.75, 3.05) is 6.54 Å². The number of nitrogens with zero attached hydrogens (tertiary/aromatic N) is 1. The second kappa shape index (κ2) is 8.02. The van der Waals surface area contributed by atoms with Gasteiger partial charge in [0.25, 0.3) is 0 Å². The van der Waals surface area contributed by atoms with E-state index in [2.05, 4.69) is 11.0 Å². The molecule has 0 saturated carbocycles. The van der Waals surface area contributed by atoms with Gasteiger partial charge in [-0.15, -0.1) is 0 Å². The Hall–Kier alpha value is -2.62. The standard InChI is InChI=1S/C26H29NO2/c1-19-15-16-21(25(28)20(19)2)18-27-17-9-14-24(27)26(29,22-10-5-3-6-11-22)23-12-7-4-8-13-23/h3-8,10-13,15-16,24,28-29H,9,14,17-18H2,1-2H3/t24-/m0/s1. The summed E-state index contributed by atoms with van der Waals surface area (Å²) in [5.41, 5.74) is 3.66. The topological polar surface area (TPSA) is 43.7 Å². The molecule has 1 fully saturated rings. The first-order valence-corrected chi connectivity index (χ1v) is 10.4. The molecule has 1 heterocycles. The summed E-state index contributed by atoms with van der Waals surface area (Å²) in [5.74, 6) is 0.374. The average Bonchev–Trinajstić information content (AvgIpc) is 3.23. The van der Waals surface area contributed by atoms with Gasteiger partial charge in [-0.2, -0.15) is 0 Å². The Labute approximate surface area is 173 Å². The maximum Gasteiger partial charge on any atom is 0.130 e. The van der Waals surface area contributed by atoms with Gasteiger partial charge in [0, 0.05) is 18.2 Å². The van der Waals surface area contributed by atoms with Crippen LogP contribution >= 0.6 is 0 Å². The summed E-state index contributed by atoms with van der Waals surface area (Å²) in [4.78, 5) is 2.32. The fourth-order valence-electron chi connectivity index (χ4n) is 4.63. The van der Waals surface area contributed by atoms with Crippen LogP contribution in [0.3, 0.4) is 0 Å². The van der Waals surface area contributed by atoms with Crippen LogP contribution < -0.4 is 0 Å². The summed E-state index contributed by atoms with van der Waals surface area (Å²) in [7, 11) is 0. The molecule has 29 heavy (non-hydrogen) atoms. The molecule has 0 radical (unpaired) electrons. The molecule has 3 aromatic rings. The Kier molecular flexibility index (Phi) is 5.44. The lowest BCUT2D eigenvalue weighted by Gasteiger charge is -2.40. The van der Waals surface area contributed by atoms with Gasteiger partial charge in [-0.1, -0.05) is 72.8 Å². The highest BCUT2D eigenvalue weighted by Crippen LogP contribution is 2.41. The Balaban J connectivity index is 1.74. The molecule has 150 valence electrons. The fourth-order valence-corrected chi connectivity index (χ4v) is 4.63. The van der Waals surface area contributed by atoms with Gasteiger partial charge in [0.05, 0.1) is 0 Å². The molecule has 0 aromatic heterocycles. The highest BCUT2D eigenvalue weighted by molar-refractivity contribution is 5.44. The summed E-state index contributed by atoms with van der Waals surface area (Å²) in [6, 6.07) is 24.0. The summed E-state index contributed by atoms with van der Waals surface area (Å²) in [6.07, 6.45) is 1.93. The lowest BCUT2D eigenvalue weighted by atomic mass is 9.79. The highest BCUT2D eigenvalue weighted by atomic mass is 16.3. The molecule has 0 aliphatic carbocycles. The van der Waals surface area contributed by atoms with E-state index in [4.69, 9.17) is 0 Å². The number of aliphatic hydroxyl groups is 1. The minimum absolute atomic E-state index is 0.0618. The van der Waals surface area contributed by atoms with Crippen LogP contribution in [0.25, 0.3) is 0 Å². The maximum absolute atomic E-state index is 12.2. The van der Waals surface area contributed by atoms with Crippen LogP contribution in [0.5, 0.6) is 5.75 Å². The van der Waals surface area contributed by atoms with Gasteiger partial charge in [0.1, 0.15) is 11.4 Å². The van der Waals surface area contributed by atoms with Crippen molar-refractivity contribution in [3.8, 4) is 5.75 Å². The Morgan fingerprint density at radius 2 is 1.48 bits per heavy atom. The van der Waals surface area contributed by atoms with E-state index in [0.29, 0.717) is 12.3 Å². The monoisotopic (exact) mass is 387 g/mol. The molecule has 3 nitrogen and oxygen atoms in total. The Bertz CT molecular complexity index is 929. The Morgan fingerprint density at radius 3 is 2.07 bits per heavy atom. The number of hydrogen-bond acceptors (Lipinski definition) is 3. The largest absolute Gasteiger partial charge is 0.507 e. The molecule has 3 heteroatoms. The molecular formula is C26H29NO2. The van der Waals surface area contributed by atoms with Gasteiger partial charge < -0.3 is 10.2 Å². The van der Waals surface area contributed by atoms with Crippen molar-refractivity contribution in [2.45, 2.75) is 44.9 Å². The first-order valence-electron chi connectivity index (χ1n) is 10.4. The van der Waals surface area contributed by atoms with Crippen LogP contribution in [-0.2, 0) is 12.1 Å². The third-order valence-corrected chi connectivity index (χ3v) is 6.43. The van der Waals surface area contributed by atoms with Crippen molar-refractivity contribution in [1.82, 2.24) is 4.90 Å². The molecule has 1 saturated heterocycles. The minimum Gasteiger partial charge on any atom is -0.507 e. The SMILES string of the molecule is Cc1ccc(CN2CCC[C@H]2C(O)(c2ccccc2)c2ccccc2)c(O)c1C. The molecule has 1 aliphatic heterocycles. The second-order valence-electron chi connectivity index (χ2n) is 8.14. The van der Waals surface area contributed by atoms with E-state index in [1.54, 1.807) is 0 Å². The first kappa shape index (κ1) is 19.7. The zero-order chi connectivity index (χ0) is 20.4. The van der Waals surface area contributed by atoms with E-state index in [9.17, 15) is 10.2 Å². The van der Waals surface area contributed by atoms with Gasteiger partial charge in [-0.3, -0.25) is 4.90 Å². The van der Waals surface area contributed by atoms with Crippen molar-refractivity contribution >= 4 is 0 Å². The van der Waals surface area contributed by atoms with Gasteiger partial charge in [0.15, 0.2) is 0 Å². The van der Waals surface area contributed by atoms with E-state index < -0.39 is 5.60 Å². The maximum atomic E-state index is 12.2. The zero-order valence-electron chi connectivity index (χ0n) is 17.2. The molecule has 0 spiro atoms. The third-order valence-electron chi connectivity index (χ3n) is 6.43. The summed E-state index contributed by atoms with van der Waals surface area (Å²) < 4.78 is 0. The van der Waals surface area contributed by atoms with Crippen LogP contribution in [0.15, 0.2) is 72.8 Å². The molecule has 4 rings (SSSR count). The predicted molar refractivity (Wildman–Crippen MR) is 117 cm³/mol. The number of likely N-dealkylation sites (tertiary alicyclic amines) is 1. The number of hydrogen-bond donors (Lipinski definition) is 2. The second-order valence-corrected chi connectivity index (χ2v) is 8.14. The van der Waals surface area contributed by atoms with E-state index in [1.165, 1.54) is 0 Å². The first-order chi connectivity index (χ1) is 14.0. The van der Waals surface area contributed by atoms with Crippen LogP contribution in [0.1, 0.15) is 40.7 Å². The van der Waals surface area contributed by atoms with Crippen molar-refractivity contribution in [1.29, 1.82) is 0 Å². The molecule has 0 bridgehead atoms. The minimum atomic E-state index is -1.10. The summed E-state index contributed by atoms with van der Waals surface area (Å²) in [6.45, 7) is 5.50. The number of phenolic OH excluding ortho intramolecular Hbond substituents is 1. The van der Waals surface area contributed by atoms with Crippen LogP contribution in [0.2, 0.25) is 0 Å². The quantitative estimate of drug-likeness (QED) is 0.654. The lowest BCUT2D eigenvalue weighted by Crippen LogP contribution is -2.48. The molecule has 0 amide bonds. The van der Waals surface area contributed by atoms with Gasteiger partial charge in [0.2, 0.25) is 0 Å². The molecular weight excluding hydrogens is 358 g/mol.